The van der Waals surface area contributed by atoms with Gasteiger partial charge in [-0.3, -0.25) is 4.79 Å². The number of amides is 1. The van der Waals surface area contributed by atoms with Crippen molar-refractivity contribution in [2.24, 2.45) is 0 Å². The van der Waals surface area contributed by atoms with Gasteiger partial charge < -0.3 is 19.3 Å². The topological polar surface area (TPSA) is 115 Å². The number of nitrogens with zero attached hydrogens (tertiary/aromatic N) is 4. The maximum Gasteiger partial charge on any atom is 0.410 e. The van der Waals surface area contributed by atoms with Crippen molar-refractivity contribution in [1.82, 2.24) is 19.4 Å². The first-order chi connectivity index (χ1) is 17.3. The molecule has 10 heteroatoms. The molecule has 0 spiro atoms. The molecule has 0 atom stereocenters. The van der Waals surface area contributed by atoms with Crippen LogP contribution in [0.5, 0.6) is 0 Å². The van der Waals surface area contributed by atoms with Crippen LogP contribution in [0.25, 0.3) is 22.2 Å². The zero-order valence-corrected chi connectivity index (χ0v) is 19.6. The summed E-state index contributed by atoms with van der Waals surface area (Å²) in [6.45, 7) is 2.30. The Balaban J connectivity index is 1.60. The van der Waals surface area contributed by atoms with Gasteiger partial charge in [0.1, 0.15) is 23.8 Å². The van der Waals surface area contributed by atoms with E-state index in [0.717, 1.165) is 11.6 Å². The van der Waals surface area contributed by atoms with E-state index in [4.69, 9.17) is 4.74 Å². The molecule has 9 nitrogen and oxygen atoms in total. The molecule has 0 aliphatic heterocycles. The summed E-state index contributed by atoms with van der Waals surface area (Å²) in [6.07, 6.45) is 2.13. The second kappa shape index (κ2) is 10.3. The molecule has 36 heavy (non-hydrogen) atoms. The van der Waals surface area contributed by atoms with Gasteiger partial charge in [0.25, 0.3) is 0 Å². The molecule has 0 aliphatic carbocycles. The number of carboxylic acids is 1. The van der Waals surface area contributed by atoms with Gasteiger partial charge in [-0.1, -0.05) is 30.3 Å². The normalized spacial score (nSPS) is 10.9. The predicted molar refractivity (Wildman–Crippen MR) is 130 cm³/mol. The minimum Gasteiger partial charge on any atom is -0.477 e. The lowest BCUT2D eigenvalue weighted by Gasteiger charge is -2.17. The number of aryl methyl sites for hydroxylation is 1. The van der Waals surface area contributed by atoms with E-state index in [1.54, 1.807) is 18.5 Å². The number of carbonyl (C=O) groups excluding carboxylic acids is 1. The summed E-state index contributed by atoms with van der Waals surface area (Å²) in [4.78, 5) is 46.3. The van der Waals surface area contributed by atoms with Gasteiger partial charge in [0.05, 0.1) is 17.8 Å². The number of pyridine rings is 1. The van der Waals surface area contributed by atoms with E-state index >= 15 is 4.39 Å². The second-order valence-electron chi connectivity index (χ2n) is 8.07. The molecule has 0 unspecified atom stereocenters. The van der Waals surface area contributed by atoms with E-state index in [2.05, 4.69) is 9.97 Å². The van der Waals surface area contributed by atoms with Gasteiger partial charge in [0, 0.05) is 36.9 Å². The number of benzene rings is 2. The molecule has 1 amide bonds. The summed E-state index contributed by atoms with van der Waals surface area (Å²) in [5, 5.41) is 9.29. The van der Waals surface area contributed by atoms with Crippen molar-refractivity contribution in [3.8, 4) is 11.3 Å². The molecule has 1 N–H and O–H groups in total. The number of carbonyl (C=O) groups is 2. The van der Waals surface area contributed by atoms with Crippen LogP contribution in [0, 0.1) is 5.82 Å². The Morgan fingerprint density at radius 1 is 1.17 bits per heavy atom. The highest BCUT2D eigenvalue weighted by molar-refractivity contribution is 5.93. The largest absolute Gasteiger partial charge is 0.477 e. The smallest absolute Gasteiger partial charge is 0.410 e. The minimum absolute atomic E-state index is 0.0261. The SMILES string of the molecule is CCn1cc(C(=O)O)c(=O)c2cc(F)c(-c3ccnc(CN(C)C(=O)OCc4ccccc4)n3)cc21. The Morgan fingerprint density at radius 2 is 1.92 bits per heavy atom. The van der Waals surface area contributed by atoms with Crippen LogP contribution in [-0.4, -0.2) is 43.7 Å². The Bertz CT molecular complexity index is 1500. The van der Waals surface area contributed by atoms with Crippen LogP contribution < -0.4 is 5.43 Å². The summed E-state index contributed by atoms with van der Waals surface area (Å²) in [7, 11) is 1.54. The zero-order chi connectivity index (χ0) is 25.8. The number of rotatable bonds is 7. The molecule has 0 saturated heterocycles. The minimum atomic E-state index is -1.37. The molecule has 2 aromatic heterocycles. The van der Waals surface area contributed by atoms with Crippen molar-refractivity contribution in [3.05, 3.63) is 93.9 Å². The number of ether oxygens (including phenoxy) is 1. The summed E-state index contributed by atoms with van der Waals surface area (Å²) in [6, 6.07) is 13.3. The molecule has 184 valence electrons. The van der Waals surface area contributed by atoms with Gasteiger partial charge in [0.2, 0.25) is 5.43 Å². The van der Waals surface area contributed by atoms with Gasteiger partial charge in [-0.15, -0.1) is 0 Å². The van der Waals surface area contributed by atoms with Crippen LogP contribution in [-0.2, 0) is 24.4 Å². The predicted octanol–water partition coefficient (Wildman–Crippen LogP) is 4.08. The molecule has 2 heterocycles. The molecule has 0 bridgehead atoms. The number of fused-ring (bicyclic) bond motifs is 1. The third-order valence-corrected chi connectivity index (χ3v) is 5.62. The van der Waals surface area contributed by atoms with Crippen molar-refractivity contribution in [2.45, 2.75) is 26.6 Å². The average Bonchev–Trinajstić information content (AvgIpc) is 2.88. The summed E-state index contributed by atoms with van der Waals surface area (Å²) in [5.74, 6) is -1.84. The first-order valence-corrected chi connectivity index (χ1v) is 11.1. The summed E-state index contributed by atoms with van der Waals surface area (Å²) >= 11 is 0. The highest BCUT2D eigenvalue weighted by atomic mass is 19.1. The lowest BCUT2D eigenvalue weighted by atomic mass is 10.0. The molecule has 0 aliphatic rings. The first-order valence-electron chi connectivity index (χ1n) is 11.1. The number of carboxylic acid groups (broad SMARTS) is 1. The van der Waals surface area contributed by atoms with Gasteiger partial charge >= 0.3 is 12.1 Å². The highest BCUT2D eigenvalue weighted by Gasteiger charge is 2.19. The van der Waals surface area contributed by atoms with Crippen LogP contribution in [0.1, 0.15) is 28.7 Å². The number of aromatic carboxylic acids is 1. The second-order valence-corrected chi connectivity index (χ2v) is 8.07. The maximum absolute atomic E-state index is 15.1. The molecule has 0 fully saturated rings. The summed E-state index contributed by atoms with van der Waals surface area (Å²) < 4.78 is 22.0. The molecular weight excluding hydrogens is 467 g/mol. The Hall–Kier alpha value is -4.60. The lowest BCUT2D eigenvalue weighted by Crippen LogP contribution is -2.27. The highest BCUT2D eigenvalue weighted by Crippen LogP contribution is 2.26. The van der Waals surface area contributed by atoms with Crippen molar-refractivity contribution >= 4 is 23.0 Å². The van der Waals surface area contributed by atoms with Gasteiger partial charge in [-0.05, 0) is 30.7 Å². The molecular formula is C26H23FN4O5. The van der Waals surface area contributed by atoms with Crippen LogP contribution in [0.4, 0.5) is 9.18 Å². The van der Waals surface area contributed by atoms with Crippen molar-refractivity contribution in [2.75, 3.05) is 7.05 Å². The molecule has 0 saturated carbocycles. The lowest BCUT2D eigenvalue weighted by molar-refractivity contribution is 0.0694. The van der Waals surface area contributed by atoms with E-state index < -0.39 is 28.9 Å². The third kappa shape index (κ3) is 5.07. The fourth-order valence-corrected chi connectivity index (χ4v) is 3.75. The Labute approximate surface area is 205 Å². The molecule has 4 rings (SSSR count). The zero-order valence-electron chi connectivity index (χ0n) is 19.6. The fourth-order valence-electron chi connectivity index (χ4n) is 3.75. The number of hydrogen-bond donors (Lipinski definition) is 1. The van der Waals surface area contributed by atoms with Crippen molar-refractivity contribution < 1.29 is 23.8 Å². The third-order valence-electron chi connectivity index (χ3n) is 5.62. The van der Waals surface area contributed by atoms with Crippen molar-refractivity contribution in [3.63, 3.8) is 0 Å². The standard InChI is InChI=1S/C26H23FN4O5/c1-3-31-13-19(25(33)34)24(32)18-11-20(27)17(12-22(18)31)21-9-10-28-23(29-21)14-30(2)26(35)36-15-16-7-5-4-6-8-16/h4-13H,3,14-15H2,1-2H3,(H,33,34). The van der Waals surface area contributed by atoms with Crippen LogP contribution in [0.3, 0.4) is 0 Å². The number of hydrogen-bond acceptors (Lipinski definition) is 6. The van der Waals surface area contributed by atoms with E-state index in [1.165, 1.54) is 29.4 Å². The number of aromatic nitrogens is 3. The van der Waals surface area contributed by atoms with Crippen LogP contribution in [0.15, 0.2) is 65.7 Å². The Morgan fingerprint density at radius 3 is 2.61 bits per heavy atom. The van der Waals surface area contributed by atoms with E-state index in [9.17, 15) is 19.5 Å². The average molecular weight is 490 g/mol. The number of halogens is 1. The summed E-state index contributed by atoms with van der Waals surface area (Å²) in [5.41, 5.74) is 0.415. The molecule has 0 radical (unpaired) electrons. The Kier molecular flexibility index (Phi) is 7.05. The van der Waals surface area contributed by atoms with Gasteiger partial charge in [-0.25, -0.2) is 23.9 Å². The molecule has 4 aromatic rings. The maximum atomic E-state index is 15.1. The first kappa shape index (κ1) is 24.5. The quantitative estimate of drug-likeness (QED) is 0.415. The van der Waals surface area contributed by atoms with Crippen LogP contribution >= 0.6 is 0 Å². The van der Waals surface area contributed by atoms with Crippen molar-refractivity contribution in [1.29, 1.82) is 0 Å². The van der Waals surface area contributed by atoms with E-state index in [0.29, 0.717) is 12.1 Å². The molecule has 2 aromatic carbocycles. The van der Waals surface area contributed by atoms with E-state index in [1.807, 2.05) is 30.3 Å². The van der Waals surface area contributed by atoms with Gasteiger partial charge in [0.15, 0.2) is 0 Å². The van der Waals surface area contributed by atoms with Gasteiger partial charge in [-0.2, -0.15) is 0 Å². The van der Waals surface area contributed by atoms with E-state index in [-0.39, 0.29) is 35.6 Å². The monoisotopic (exact) mass is 490 g/mol. The van der Waals surface area contributed by atoms with Crippen LogP contribution in [0.2, 0.25) is 0 Å². The fraction of sp³-hybridized carbons (Fsp3) is 0.192.